The van der Waals surface area contributed by atoms with Crippen LogP contribution in [0.1, 0.15) is 5.56 Å². The van der Waals surface area contributed by atoms with Crippen molar-refractivity contribution in [3.05, 3.63) is 64.1 Å². The summed E-state index contributed by atoms with van der Waals surface area (Å²) in [5.41, 5.74) is 0.828. The number of ether oxygens (including phenoxy) is 1. The summed E-state index contributed by atoms with van der Waals surface area (Å²) < 4.78 is 31.6. The predicted molar refractivity (Wildman–Crippen MR) is 64.8 cm³/mol. The molecule has 4 heteroatoms. The molecule has 0 aliphatic rings. The molecule has 1 nitrogen and oxygen atoms in total. The van der Waals surface area contributed by atoms with Crippen LogP contribution in [-0.2, 0) is 6.61 Å². The van der Waals surface area contributed by atoms with E-state index in [9.17, 15) is 8.78 Å². The van der Waals surface area contributed by atoms with Crippen molar-refractivity contribution in [3.8, 4) is 5.75 Å². The van der Waals surface area contributed by atoms with Crippen molar-refractivity contribution < 1.29 is 13.5 Å². The van der Waals surface area contributed by atoms with Crippen molar-refractivity contribution in [1.82, 2.24) is 0 Å². The fraction of sp³-hybridized carbons (Fsp3) is 0.0769. The average molecular weight is 299 g/mol. The van der Waals surface area contributed by atoms with Crippen LogP contribution in [-0.4, -0.2) is 0 Å². The third-order valence-electron chi connectivity index (χ3n) is 2.21. The molecule has 17 heavy (non-hydrogen) atoms. The summed E-state index contributed by atoms with van der Waals surface area (Å²) >= 11 is 3.06. The molecule has 0 aromatic heterocycles. The second-order valence-electron chi connectivity index (χ2n) is 3.49. The van der Waals surface area contributed by atoms with Gasteiger partial charge in [-0.05, 0) is 45.8 Å². The smallest absolute Gasteiger partial charge is 0.141 e. The van der Waals surface area contributed by atoms with Crippen LogP contribution in [0.5, 0.6) is 5.75 Å². The first kappa shape index (κ1) is 12.0. The molecule has 2 aromatic carbocycles. The molecular formula is C13H9BrF2O. The molecule has 0 bridgehead atoms. The van der Waals surface area contributed by atoms with Gasteiger partial charge in [-0.3, -0.25) is 0 Å². The molecule has 0 heterocycles. The Bertz CT molecular complexity index is 511. The minimum atomic E-state index is -0.374. The van der Waals surface area contributed by atoms with E-state index >= 15 is 0 Å². The highest BCUT2D eigenvalue weighted by Gasteiger charge is 2.02. The standard InChI is InChI=1S/C13H9BrF2O/c14-12-6-5-11(7-13(12)16)17-8-9-1-3-10(15)4-2-9/h1-7H,8H2. The molecule has 0 atom stereocenters. The van der Waals surface area contributed by atoms with E-state index in [0.29, 0.717) is 10.2 Å². The van der Waals surface area contributed by atoms with Gasteiger partial charge < -0.3 is 4.74 Å². The highest BCUT2D eigenvalue weighted by Crippen LogP contribution is 2.21. The topological polar surface area (TPSA) is 9.23 Å². The number of halogens is 3. The quantitative estimate of drug-likeness (QED) is 0.820. The maximum Gasteiger partial charge on any atom is 0.141 e. The third kappa shape index (κ3) is 3.27. The lowest BCUT2D eigenvalue weighted by Gasteiger charge is -2.06. The van der Waals surface area contributed by atoms with E-state index < -0.39 is 0 Å². The van der Waals surface area contributed by atoms with Gasteiger partial charge >= 0.3 is 0 Å². The first-order chi connectivity index (χ1) is 8.15. The lowest BCUT2D eigenvalue weighted by molar-refractivity contribution is 0.304. The number of benzene rings is 2. The largest absolute Gasteiger partial charge is 0.489 e. The van der Waals surface area contributed by atoms with Crippen LogP contribution in [0.3, 0.4) is 0 Å². The lowest BCUT2D eigenvalue weighted by Crippen LogP contribution is -1.95. The highest BCUT2D eigenvalue weighted by atomic mass is 79.9. The zero-order chi connectivity index (χ0) is 12.3. The van der Waals surface area contributed by atoms with Crippen molar-refractivity contribution in [1.29, 1.82) is 0 Å². The minimum absolute atomic E-state index is 0.279. The average Bonchev–Trinajstić information content (AvgIpc) is 2.33. The Morgan fingerprint density at radius 3 is 2.35 bits per heavy atom. The molecule has 0 radical (unpaired) electrons. The Morgan fingerprint density at radius 1 is 1.00 bits per heavy atom. The minimum Gasteiger partial charge on any atom is -0.489 e. The zero-order valence-electron chi connectivity index (χ0n) is 8.79. The lowest BCUT2D eigenvalue weighted by atomic mass is 10.2. The molecule has 0 amide bonds. The van der Waals surface area contributed by atoms with E-state index in [2.05, 4.69) is 15.9 Å². The Hall–Kier alpha value is -1.42. The van der Waals surface area contributed by atoms with Crippen LogP contribution >= 0.6 is 15.9 Å². The predicted octanol–water partition coefficient (Wildman–Crippen LogP) is 4.31. The molecule has 0 aliphatic carbocycles. The van der Waals surface area contributed by atoms with Gasteiger partial charge in [0.15, 0.2) is 0 Å². The van der Waals surface area contributed by atoms with E-state index in [1.165, 1.54) is 18.2 Å². The van der Waals surface area contributed by atoms with E-state index in [-0.39, 0.29) is 18.2 Å². The fourth-order valence-electron chi connectivity index (χ4n) is 1.31. The molecule has 0 unspecified atom stereocenters. The monoisotopic (exact) mass is 298 g/mol. The molecule has 0 spiro atoms. The number of hydrogen-bond donors (Lipinski definition) is 0. The SMILES string of the molecule is Fc1ccc(COc2ccc(Br)c(F)c2)cc1. The molecule has 88 valence electrons. The zero-order valence-corrected chi connectivity index (χ0v) is 10.4. The van der Waals surface area contributed by atoms with Crippen molar-refractivity contribution >= 4 is 15.9 Å². The first-order valence-corrected chi connectivity index (χ1v) is 5.77. The summed E-state index contributed by atoms with van der Waals surface area (Å²) in [6.07, 6.45) is 0. The van der Waals surface area contributed by atoms with Crippen LogP contribution in [0.4, 0.5) is 8.78 Å². The van der Waals surface area contributed by atoms with Crippen LogP contribution in [0.2, 0.25) is 0 Å². The van der Waals surface area contributed by atoms with E-state index in [0.717, 1.165) is 5.56 Å². The van der Waals surface area contributed by atoms with Crippen LogP contribution in [0.15, 0.2) is 46.9 Å². The van der Waals surface area contributed by atoms with Crippen molar-refractivity contribution in [3.63, 3.8) is 0 Å². The fourth-order valence-corrected chi connectivity index (χ4v) is 1.56. The van der Waals surface area contributed by atoms with Crippen LogP contribution in [0.25, 0.3) is 0 Å². The maximum atomic E-state index is 13.2. The van der Waals surface area contributed by atoms with Gasteiger partial charge in [-0.15, -0.1) is 0 Å². The highest BCUT2D eigenvalue weighted by molar-refractivity contribution is 9.10. The Kier molecular flexibility index (Phi) is 3.74. The van der Waals surface area contributed by atoms with Crippen molar-refractivity contribution in [2.24, 2.45) is 0 Å². The Morgan fingerprint density at radius 2 is 1.71 bits per heavy atom. The van der Waals surface area contributed by atoms with Crippen LogP contribution < -0.4 is 4.74 Å². The second kappa shape index (κ2) is 5.27. The van der Waals surface area contributed by atoms with Gasteiger partial charge in [0.25, 0.3) is 0 Å². The Labute approximate surface area is 106 Å². The van der Waals surface area contributed by atoms with Gasteiger partial charge in [0, 0.05) is 6.07 Å². The maximum absolute atomic E-state index is 13.2. The molecule has 2 aromatic rings. The van der Waals surface area contributed by atoms with Crippen LogP contribution in [0, 0.1) is 11.6 Å². The second-order valence-corrected chi connectivity index (χ2v) is 4.35. The summed E-state index contributed by atoms with van der Waals surface area (Å²) in [5, 5.41) is 0. The summed E-state index contributed by atoms with van der Waals surface area (Å²) in [4.78, 5) is 0. The van der Waals surface area contributed by atoms with E-state index in [1.807, 2.05) is 0 Å². The van der Waals surface area contributed by atoms with Gasteiger partial charge in [-0.1, -0.05) is 12.1 Å². The number of rotatable bonds is 3. The molecule has 0 saturated carbocycles. The summed E-state index contributed by atoms with van der Waals surface area (Å²) in [5.74, 6) is -0.222. The molecule has 0 aliphatic heterocycles. The van der Waals surface area contributed by atoms with Gasteiger partial charge in [0.1, 0.15) is 24.0 Å². The van der Waals surface area contributed by atoms with E-state index in [1.54, 1.807) is 24.3 Å². The summed E-state index contributed by atoms with van der Waals surface area (Å²) in [6.45, 7) is 0.279. The van der Waals surface area contributed by atoms with E-state index in [4.69, 9.17) is 4.74 Å². The third-order valence-corrected chi connectivity index (χ3v) is 2.85. The molecule has 0 saturated heterocycles. The molecular weight excluding hydrogens is 290 g/mol. The normalized spacial score (nSPS) is 10.3. The molecule has 2 rings (SSSR count). The Balaban J connectivity index is 2.02. The van der Waals surface area contributed by atoms with Crippen molar-refractivity contribution in [2.75, 3.05) is 0 Å². The summed E-state index contributed by atoms with van der Waals surface area (Å²) in [6, 6.07) is 10.5. The van der Waals surface area contributed by atoms with Gasteiger partial charge in [0.05, 0.1) is 4.47 Å². The molecule has 0 fully saturated rings. The first-order valence-electron chi connectivity index (χ1n) is 4.97. The van der Waals surface area contributed by atoms with Crippen molar-refractivity contribution in [2.45, 2.75) is 6.61 Å². The van der Waals surface area contributed by atoms with Gasteiger partial charge in [0.2, 0.25) is 0 Å². The number of hydrogen-bond acceptors (Lipinski definition) is 1. The molecule has 0 N–H and O–H groups in total. The van der Waals surface area contributed by atoms with Gasteiger partial charge in [-0.2, -0.15) is 0 Å². The summed E-state index contributed by atoms with van der Waals surface area (Å²) in [7, 11) is 0. The van der Waals surface area contributed by atoms with Gasteiger partial charge in [-0.25, -0.2) is 8.78 Å².